The molecule has 0 aromatic rings. The molecule has 0 saturated carbocycles. The highest BCUT2D eigenvalue weighted by Crippen LogP contribution is 2.43. The fraction of sp³-hybridized carbons (Fsp3) is 0.761. The summed E-state index contributed by atoms with van der Waals surface area (Å²) >= 11 is 0. The number of allylic oxidation sites excluding steroid dienone is 7. The van der Waals surface area contributed by atoms with Gasteiger partial charge >= 0.3 is 13.8 Å². The van der Waals surface area contributed by atoms with E-state index in [2.05, 4.69) is 62.5 Å². The number of quaternary nitrogens is 1. The molecule has 0 radical (unpaired) electrons. The summed E-state index contributed by atoms with van der Waals surface area (Å²) in [6.45, 7) is 4.79. The molecule has 1 aliphatic rings. The first-order valence-electron chi connectivity index (χ1n) is 22.2. The lowest BCUT2D eigenvalue weighted by atomic mass is 10.1. The maximum atomic E-state index is 12.7. The van der Waals surface area contributed by atoms with E-state index in [0.717, 1.165) is 44.9 Å². The van der Waals surface area contributed by atoms with Crippen LogP contribution in [-0.2, 0) is 32.6 Å². The number of phosphoric ester groups is 1. The SMILES string of the molecule is CCCCC/C=C\C/C=C\CC1OC1C/C=C\CCCC(=O)O[C@H](CO/C=C/CCCCCC/C=C\CCCCCCCC)COP(=O)(O)OCC[N+](C)(C)C. The highest BCUT2D eigenvalue weighted by molar-refractivity contribution is 7.47. The van der Waals surface area contributed by atoms with Crippen LogP contribution in [0.2, 0.25) is 0 Å². The summed E-state index contributed by atoms with van der Waals surface area (Å²) in [6, 6.07) is 0. The number of esters is 1. The van der Waals surface area contributed by atoms with E-state index in [1.807, 2.05) is 27.2 Å². The van der Waals surface area contributed by atoms with Crippen molar-refractivity contribution in [2.24, 2.45) is 0 Å². The summed E-state index contributed by atoms with van der Waals surface area (Å²) in [5, 5.41) is 0. The molecule has 0 bridgehead atoms. The molecule has 1 rings (SSSR count). The van der Waals surface area contributed by atoms with Crippen molar-refractivity contribution < 1.29 is 42.0 Å². The van der Waals surface area contributed by atoms with E-state index in [1.165, 1.54) is 89.9 Å². The molecule has 1 heterocycles. The van der Waals surface area contributed by atoms with E-state index in [-0.39, 0.29) is 32.3 Å². The third kappa shape index (κ3) is 35.2. The lowest BCUT2D eigenvalue weighted by Crippen LogP contribution is -2.37. The molecular weight excluding hydrogens is 725 g/mol. The Morgan fingerprint density at radius 1 is 0.661 bits per heavy atom. The van der Waals surface area contributed by atoms with Gasteiger partial charge in [-0.05, 0) is 89.5 Å². The summed E-state index contributed by atoms with van der Waals surface area (Å²) in [7, 11) is 1.58. The Morgan fingerprint density at radius 2 is 1.16 bits per heavy atom. The van der Waals surface area contributed by atoms with Gasteiger partial charge in [0.2, 0.25) is 0 Å². The number of ether oxygens (including phenoxy) is 3. The van der Waals surface area contributed by atoms with Crippen molar-refractivity contribution in [3.05, 3.63) is 60.9 Å². The van der Waals surface area contributed by atoms with Crippen LogP contribution in [0.15, 0.2) is 60.9 Å². The Hall–Kier alpha value is -2.00. The van der Waals surface area contributed by atoms with E-state index in [4.69, 9.17) is 23.3 Å². The Bertz CT molecular complexity index is 1140. The van der Waals surface area contributed by atoms with E-state index < -0.39 is 19.9 Å². The third-order valence-electron chi connectivity index (χ3n) is 9.52. The molecular formula is C46H83NO8P+. The summed E-state index contributed by atoms with van der Waals surface area (Å²) in [5.74, 6) is -0.399. The molecule has 4 atom stereocenters. The molecule has 0 aliphatic carbocycles. The first-order chi connectivity index (χ1) is 27.1. The smallest absolute Gasteiger partial charge is 0.472 e. The van der Waals surface area contributed by atoms with Gasteiger partial charge in [-0.15, -0.1) is 0 Å². The second kappa shape index (κ2) is 35.0. The van der Waals surface area contributed by atoms with Gasteiger partial charge in [-0.25, -0.2) is 4.57 Å². The highest BCUT2D eigenvalue weighted by atomic mass is 31.2. The average molecular weight is 809 g/mol. The number of hydrogen-bond donors (Lipinski definition) is 1. The van der Waals surface area contributed by atoms with E-state index in [1.54, 1.807) is 6.26 Å². The minimum atomic E-state index is -4.32. The van der Waals surface area contributed by atoms with Crippen LogP contribution >= 0.6 is 7.82 Å². The van der Waals surface area contributed by atoms with Crippen molar-refractivity contribution in [3.63, 3.8) is 0 Å². The molecule has 10 heteroatoms. The molecule has 1 aliphatic heterocycles. The van der Waals surface area contributed by atoms with Crippen molar-refractivity contribution in [1.82, 2.24) is 0 Å². The lowest BCUT2D eigenvalue weighted by molar-refractivity contribution is -0.870. The van der Waals surface area contributed by atoms with Gasteiger partial charge in [-0.3, -0.25) is 13.8 Å². The summed E-state index contributed by atoms with van der Waals surface area (Å²) in [6.07, 6.45) is 46.6. The van der Waals surface area contributed by atoms with Gasteiger partial charge in [0.05, 0.1) is 46.2 Å². The van der Waals surface area contributed by atoms with Gasteiger partial charge in [0, 0.05) is 6.42 Å². The molecule has 1 saturated heterocycles. The molecule has 0 spiro atoms. The number of carbonyl (C=O) groups is 1. The fourth-order valence-corrected chi connectivity index (χ4v) is 6.64. The van der Waals surface area contributed by atoms with Gasteiger partial charge < -0.3 is 23.6 Å². The number of phosphoric acid groups is 1. The number of epoxide rings is 1. The summed E-state index contributed by atoms with van der Waals surface area (Å²) in [4.78, 5) is 22.9. The Kier molecular flexibility index (Phi) is 32.5. The quantitative estimate of drug-likeness (QED) is 0.0125. The highest BCUT2D eigenvalue weighted by Gasteiger charge is 2.36. The Labute approximate surface area is 343 Å². The van der Waals surface area contributed by atoms with E-state index in [9.17, 15) is 14.3 Å². The van der Waals surface area contributed by atoms with Crippen molar-refractivity contribution >= 4 is 13.8 Å². The average Bonchev–Trinajstić information content (AvgIpc) is 3.91. The minimum Gasteiger partial charge on any atom is -0.498 e. The third-order valence-corrected chi connectivity index (χ3v) is 10.5. The van der Waals surface area contributed by atoms with E-state index in [0.29, 0.717) is 23.6 Å². The molecule has 324 valence electrons. The predicted molar refractivity (Wildman–Crippen MR) is 232 cm³/mol. The molecule has 0 aromatic heterocycles. The number of unbranched alkanes of at least 4 members (excludes halogenated alkanes) is 15. The second-order valence-electron chi connectivity index (χ2n) is 16.2. The number of hydrogen-bond acceptors (Lipinski definition) is 7. The van der Waals surface area contributed by atoms with Crippen molar-refractivity contribution in [2.75, 3.05) is 47.5 Å². The van der Waals surface area contributed by atoms with Crippen LogP contribution in [0.25, 0.3) is 0 Å². The second-order valence-corrected chi connectivity index (χ2v) is 17.6. The van der Waals surface area contributed by atoms with Crippen LogP contribution in [0.4, 0.5) is 0 Å². The monoisotopic (exact) mass is 809 g/mol. The zero-order chi connectivity index (χ0) is 41.0. The number of carbonyl (C=O) groups excluding carboxylic acids is 1. The largest absolute Gasteiger partial charge is 0.498 e. The summed E-state index contributed by atoms with van der Waals surface area (Å²) in [5.41, 5.74) is 0. The van der Waals surface area contributed by atoms with Crippen LogP contribution in [-0.4, -0.2) is 81.2 Å². The molecule has 56 heavy (non-hydrogen) atoms. The van der Waals surface area contributed by atoms with Gasteiger partial charge in [-0.1, -0.05) is 120 Å². The maximum Gasteiger partial charge on any atom is 0.472 e. The van der Waals surface area contributed by atoms with Crippen LogP contribution in [0.3, 0.4) is 0 Å². The van der Waals surface area contributed by atoms with Gasteiger partial charge in [0.1, 0.15) is 19.8 Å². The van der Waals surface area contributed by atoms with Crippen molar-refractivity contribution in [2.45, 2.75) is 180 Å². The first-order valence-corrected chi connectivity index (χ1v) is 23.7. The molecule has 1 N–H and O–H groups in total. The van der Waals surface area contributed by atoms with Gasteiger partial charge in [0.25, 0.3) is 0 Å². The van der Waals surface area contributed by atoms with Crippen molar-refractivity contribution in [1.29, 1.82) is 0 Å². The topological polar surface area (TPSA) is 104 Å². The number of likely N-dealkylation sites (N-methyl/N-ethyl adjacent to an activating group) is 1. The standard InChI is InChI=1S/C46H82NO8P/c1-6-8-10-12-14-16-17-18-19-20-21-22-24-26-30-34-39-51-41-43(42-53-56(49,50)52-40-38-47(3,4)5)54-46(48)37-33-29-28-32-36-45-44(55-45)35-31-27-25-23-15-13-11-9-7-2/h15,18-19,23,27-28,31-32,34,39,43-45H,6-14,16-17,20-22,24-26,29-30,33,35-38,40-42H2,1-5H3/p+1/b19-18-,23-15-,31-27-,32-28-,39-34+/t43-,44?,45?/m1/s1. The fourth-order valence-electron chi connectivity index (χ4n) is 5.90. The Balaban J connectivity index is 2.31. The van der Waals surface area contributed by atoms with Gasteiger partial charge in [0.15, 0.2) is 6.10 Å². The van der Waals surface area contributed by atoms with Crippen LogP contribution in [0, 0.1) is 0 Å². The zero-order valence-corrected chi connectivity index (χ0v) is 37.2. The summed E-state index contributed by atoms with van der Waals surface area (Å²) < 4.78 is 40.5. The maximum absolute atomic E-state index is 12.7. The van der Waals surface area contributed by atoms with Gasteiger partial charge in [-0.2, -0.15) is 0 Å². The van der Waals surface area contributed by atoms with Crippen LogP contribution in [0.5, 0.6) is 0 Å². The number of rotatable bonds is 39. The van der Waals surface area contributed by atoms with E-state index >= 15 is 0 Å². The number of nitrogens with zero attached hydrogens (tertiary/aromatic N) is 1. The lowest BCUT2D eigenvalue weighted by Gasteiger charge is -2.24. The zero-order valence-electron chi connectivity index (χ0n) is 36.3. The first kappa shape index (κ1) is 52.0. The molecule has 3 unspecified atom stereocenters. The predicted octanol–water partition coefficient (Wildman–Crippen LogP) is 12.3. The van der Waals surface area contributed by atoms with Crippen molar-refractivity contribution in [3.8, 4) is 0 Å². The molecule has 0 aromatic carbocycles. The van der Waals surface area contributed by atoms with Crippen LogP contribution < -0.4 is 0 Å². The van der Waals surface area contributed by atoms with Crippen LogP contribution in [0.1, 0.15) is 162 Å². The Morgan fingerprint density at radius 3 is 1.80 bits per heavy atom. The molecule has 0 amide bonds. The molecule has 1 fully saturated rings. The minimum absolute atomic E-state index is 0.0135. The normalized spacial score (nSPS) is 17.9. The molecule has 9 nitrogen and oxygen atoms in total.